The summed E-state index contributed by atoms with van der Waals surface area (Å²) in [4.78, 5) is 2.59. The lowest BCUT2D eigenvalue weighted by Gasteiger charge is -2.44. The zero-order valence-electron chi connectivity index (χ0n) is 34.6. The summed E-state index contributed by atoms with van der Waals surface area (Å²) in [7, 11) is 0. The van der Waals surface area contributed by atoms with Crippen LogP contribution < -0.4 is 4.90 Å². The van der Waals surface area contributed by atoms with Gasteiger partial charge in [-0.2, -0.15) is 0 Å². The Morgan fingerprint density at radius 3 is 1.52 bits per heavy atom. The van der Waals surface area contributed by atoms with Gasteiger partial charge in [-0.05, 0) is 132 Å². The number of rotatable bonds is 4. The number of fused-ring (bicyclic) bond motifs is 11. The molecule has 1 nitrogen and oxygen atoms in total. The van der Waals surface area contributed by atoms with E-state index in [1.165, 1.54) is 106 Å². The molecule has 0 saturated heterocycles. The van der Waals surface area contributed by atoms with E-state index in [2.05, 4.69) is 232 Å². The predicted octanol–water partition coefficient (Wildman–Crippen LogP) is 15.1. The van der Waals surface area contributed by atoms with E-state index < -0.39 is 10.8 Å². The smallest absolute Gasteiger partial charge is 0.0719 e. The molecule has 4 aliphatic rings. The second-order valence-electron chi connectivity index (χ2n) is 18.1. The van der Waals surface area contributed by atoms with Crippen molar-refractivity contribution in [2.24, 2.45) is 0 Å². The second-order valence-corrected chi connectivity index (χ2v) is 18.1. The van der Waals surface area contributed by atoms with Crippen molar-refractivity contribution in [3.8, 4) is 44.5 Å². The summed E-state index contributed by atoms with van der Waals surface area (Å²) in [5.41, 5.74) is 25.2. The first-order valence-corrected chi connectivity index (χ1v) is 21.7. The second kappa shape index (κ2) is 12.2. The summed E-state index contributed by atoms with van der Waals surface area (Å²) in [6.45, 7) is 7.32. The molecule has 61 heavy (non-hydrogen) atoms. The summed E-state index contributed by atoms with van der Waals surface area (Å²) in [5.74, 6) is 0. The van der Waals surface area contributed by atoms with Gasteiger partial charge in [0.15, 0.2) is 0 Å². The maximum absolute atomic E-state index is 2.59. The fourth-order valence-electron chi connectivity index (χ4n) is 12.3. The third-order valence-corrected chi connectivity index (χ3v) is 14.9. The van der Waals surface area contributed by atoms with E-state index in [9.17, 15) is 0 Å². The van der Waals surface area contributed by atoms with Crippen molar-refractivity contribution in [2.45, 2.75) is 37.0 Å². The molecule has 1 aliphatic heterocycles. The van der Waals surface area contributed by atoms with Gasteiger partial charge in [-0.15, -0.1) is 0 Å². The van der Waals surface area contributed by atoms with Crippen LogP contribution in [0.2, 0.25) is 0 Å². The number of benzene rings is 9. The van der Waals surface area contributed by atoms with E-state index in [0.29, 0.717) is 0 Å². The minimum atomic E-state index is -0.541. The summed E-state index contributed by atoms with van der Waals surface area (Å²) in [6.07, 6.45) is 0. The van der Waals surface area contributed by atoms with Gasteiger partial charge in [-0.25, -0.2) is 0 Å². The SMILES string of the molecule is CC1(C)c2ccccc2-c2cc3c(cc21)N(c1ccc(-c2ccccc2)cc1)c1ccc(C2(c4ccccc4)c4ccccc4-c4ccccc42)c2c1C3(C)c1ccccc1-2. The van der Waals surface area contributed by atoms with Gasteiger partial charge in [0.1, 0.15) is 0 Å². The van der Waals surface area contributed by atoms with E-state index in [1.54, 1.807) is 0 Å². The Kier molecular flexibility index (Phi) is 6.91. The molecule has 1 atom stereocenters. The van der Waals surface area contributed by atoms with E-state index in [0.717, 1.165) is 5.69 Å². The largest absolute Gasteiger partial charge is 0.310 e. The molecule has 0 aromatic heterocycles. The van der Waals surface area contributed by atoms with E-state index in [4.69, 9.17) is 0 Å². The van der Waals surface area contributed by atoms with Crippen LogP contribution in [0.5, 0.6) is 0 Å². The molecule has 0 amide bonds. The zero-order valence-corrected chi connectivity index (χ0v) is 34.6. The summed E-state index contributed by atoms with van der Waals surface area (Å²) < 4.78 is 0. The molecule has 288 valence electrons. The van der Waals surface area contributed by atoms with Crippen molar-refractivity contribution in [1.82, 2.24) is 0 Å². The van der Waals surface area contributed by atoms with Crippen LogP contribution in [0.15, 0.2) is 206 Å². The lowest BCUT2D eigenvalue weighted by molar-refractivity contribution is 0.656. The molecular weight excluding hydrogens is 735 g/mol. The summed E-state index contributed by atoms with van der Waals surface area (Å²) in [5, 5.41) is 0. The zero-order chi connectivity index (χ0) is 40.7. The van der Waals surface area contributed by atoms with Gasteiger partial charge in [-0.3, -0.25) is 0 Å². The molecule has 0 radical (unpaired) electrons. The van der Waals surface area contributed by atoms with E-state index >= 15 is 0 Å². The Bertz CT molecular complexity index is 3240. The first-order chi connectivity index (χ1) is 29.9. The van der Waals surface area contributed by atoms with Gasteiger partial charge in [0, 0.05) is 16.5 Å². The standard InChI is InChI=1S/C60H43N/c1-58(2)47-26-14-10-24-44(47)46-36-53-55(37-52(46)58)61(41-32-30-39(31-33-41)38-18-6-4-7-19-38)54-35-34-51(56-45-25-13-15-27-48(45)59(53,3)57(54)56)60(40-20-8-5-9-21-40)49-28-16-11-22-42(49)43-23-12-17-29-50(43)60/h4-37H,1-3H3. The number of nitrogens with zero attached hydrogens (tertiary/aromatic N) is 1. The van der Waals surface area contributed by atoms with Gasteiger partial charge < -0.3 is 4.90 Å². The van der Waals surface area contributed by atoms with Crippen LogP contribution in [0.3, 0.4) is 0 Å². The van der Waals surface area contributed by atoms with Crippen LogP contribution in [-0.2, 0) is 16.2 Å². The van der Waals surface area contributed by atoms with Gasteiger partial charge in [-0.1, -0.05) is 190 Å². The highest BCUT2D eigenvalue weighted by molar-refractivity contribution is 6.02. The van der Waals surface area contributed by atoms with Gasteiger partial charge in [0.2, 0.25) is 0 Å². The maximum Gasteiger partial charge on any atom is 0.0719 e. The van der Waals surface area contributed by atoms with Gasteiger partial charge in [0.25, 0.3) is 0 Å². The fourth-order valence-corrected chi connectivity index (χ4v) is 12.3. The minimum absolute atomic E-state index is 0.140. The van der Waals surface area contributed by atoms with E-state index in [1.807, 2.05) is 0 Å². The molecule has 1 unspecified atom stereocenters. The van der Waals surface area contributed by atoms with Crippen LogP contribution in [0.25, 0.3) is 44.5 Å². The molecule has 9 aromatic rings. The number of anilines is 3. The molecule has 9 aromatic carbocycles. The number of hydrogen-bond donors (Lipinski definition) is 0. The molecule has 1 heterocycles. The topological polar surface area (TPSA) is 3.24 Å². The van der Waals surface area contributed by atoms with Crippen LogP contribution in [0, 0.1) is 0 Å². The van der Waals surface area contributed by atoms with Crippen LogP contribution in [0.4, 0.5) is 17.1 Å². The molecule has 1 heteroatoms. The Hall–Kier alpha value is -7.22. The molecule has 0 N–H and O–H groups in total. The maximum atomic E-state index is 2.59. The average Bonchev–Trinajstić information content (AvgIpc) is 3.86. The molecule has 3 aliphatic carbocycles. The van der Waals surface area contributed by atoms with Crippen molar-refractivity contribution < 1.29 is 0 Å². The normalized spacial score (nSPS) is 17.4. The Balaban J connectivity index is 1.16. The highest BCUT2D eigenvalue weighted by Crippen LogP contribution is 2.68. The highest BCUT2D eigenvalue weighted by atomic mass is 15.2. The number of hydrogen-bond acceptors (Lipinski definition) is 1. The van der Waals surface area contributed by atoms with Crippen molar-refractivity contribution in [2.75, 3.05) is 4.90 Å². The van der Waals surface area contributed by atoms with Crippen LogP contribution >= 0.6 is 0 Å². The first-order valence-electron chi connectivity index (χ1n) is 21.7. The van der Waals surface area contributed by atoms with Crippen molar-refractivity contribution in [1.29, 1.82) is 0 Å². The van der Waals surface area contributed by atoms with Crippen molar-refractivity contribution >= 4 is 17.1 Å². The van der Waals surface area contributed by atoms with Crippen molar-refractivity contribution in [3.63, 3.8) is 0 Å². The third kappa shape index (κ3) is 4.31. The van der Waals surface area contributed by atoms with Crippen LogP contribution in [-0.4, -0.2) is 0 Å². The molecular formula is C60H43N. The molecule has 0 saturated carbocycles. The fraction of sp³-hybridized carbons (Fsp3) is 0.100. The lowest BCUT2D eigenvalue weighted by atomic mass is 9.64. The van der Waals surface area contributed by atoms with Crippen molar-refractivity contribution in [3.05, 3.63) is 256 Å². The summed E-state index contributed by atoms with van der Waals surface area (Å²) in [6, 6.07) is 78.0. The first kappa shape index (κ1) is 34.6. The average molecular weight is 778 g/mol. The third-order valence-electron chi connectivity index (χ3n) is 14.9. The minimum Gasteiger partial charge on any atom is -0.310 e. The molecule has 0 spiro atoms. The quantitative estimate of drug-likeness (QED) is 0.172. The van der Waals surface area contributed by atoms with E-state index in [-0.39, 0.29) is 5.41 Å². The van der Waals surface area contributed by atoms with Gasteiger partial charge >= 0.3 is 0 Å². The Labute approximate surface area is 358 Å². The predicted molar refractivity (Wildman–Crippen MR) is 252 cm³/mol. The molecule has 13 rings (SSSR count). The van der Waals surface area contributed by atoms with Crippen LogP contribution in [0.1, 0.15) is 70.8 Å². The Morgan fingerprint density at radius 2 is 0.869 bits per heavy atom. The lowest BCUT2D eigenvalue weighted by Crippen LogP contribution is -2.34. The Morgan fingerprint density at radius 1 is 0.344 bits per heavy atom. The monoisotopic (exact) mass is 777 g/mol. The summed E-state index contributed by atoms with van der Waals surface area (Å²) >= 11 is 0. The highest BCUT2D eigenvalue weighted by Gasteiger charge is 2.54. The molecule has 0 bridgehead atoms. The molecule has 0 fully saturated rings. The van der Waals surface area contributed by atoms with Gasteiger partial charge in [0.05, 0.1) is 16.8 Å².